The SMILES string of the molecule is O=C(NC1CCCCCC1)c1ccc(CNS(=O)(=O)c2ccc(Br)cc2)cc1. The first-order valence-corrected chi connectivity index (χ1v) is 11.9. The van der Waals surface area contributed by atoms with Crippen molar-refractivity contribution in [2.45, 2.75) is 56.0 Å². The summed E-state index contributed by atoms with van der Waals surface area (Å²) in [5.41, 5.74) is 1.40. The summed E-state index contributed by atoms with van der Waals surface area (Å²) < 4.78 is 28.1. The Kier molecular flexibility index (Phi) is 7.26. The predicted molar refractivity (Wildman–Crippen MR) is 114 cm³/mol. The Bertz CT molecular complexity index is 888. The summed E-state index contributed by atoms with van der Waals surface area (Å²) in [6.45, 7) is 0.170. The summed E-state index contributed by atoms with van der Waals surface area (Å²) in [6, 6.07) is 13.8. The highest BCUT2D eigenvalue weighted by molar-refractivity contribution is 9.10. The number of halogens is 1. The number of carbonyl (C=O) groups excluding carboxylic acids is 1. The maximum Gasteiger partial charge on any atom is 0.251 e. The zero-order chi connectivity index (χ0) is 20.0. The summed E-state index contributed by atoms with van der Waals surface area (Å²) >= 11 is 3.29. The molecule has 0 spiro atoms. The zero-order valence-electron chi connectivity index (χ0n) is 15.7. The Morgan fingerprint density at radius 3 is 2.14 bits per heavy atom. The second-order valence-corrected chi connectivity index (χ2v) is 9.82. The summed E-state index contributed by atoms with van der Waals surface area (Å²) in [4.78, 5) is 12.7. The minimum Gasteiger partial charge on any atom is -0.349 e. The van der Waals surface area contributed by atoms with Crippen LogP contribution in [0.1, 0.15) is 54.4 Å². The van der Waals surface area contributed by atoms with E-state index in [1.807, 2.05) is 0 Å². The van der Waals surface area contributed by atoms with Gasteiger partial charge in [0.05, 0.1) is 4.90 Å². The van der Waals surface area contributed by atoms with Crippen LogP contribution in [0.4, 0.5) is 0 Å². The van der Waals surface area contributed by atoms with Crippen molar-refractivity contribution in [3.8, 4) is 0 Å². The highest BCUT2D eigenvalue weighted by atomic mass is 79.9. The average Bonchev–Trinajstić information content (AvgIpc) is 2.96. The van der Waals surface area contributed by atoms with Crippen molar-refractivity contribution in [3.05, 3.63) is 64.1 Å². The smallest absolute Gasteiger partial charge is 0.251 e. The van der Waals surface area contributed by atoms with E-state index in [0.717, 1.165) is 22.9 Å². The molecule has 2 N–H and O–H groups in total. The molecule has 1 aliphatic rings. The molecule has 3 rings (SSSR count). The van der Waals surface area contributed by atoms with E-state index in [0.29, 0.717) is 5.56 Å². The lowest BCUT2D eigenvalue weighted by Crippen LogP contribution is -2.34. The van der Waals surface area contributed by atoms with E-state index >= 15 is 0 Å². The maximum absolute atomic E-state index is 12.4. The molecule has 1 saturated carbocycles. The van der Waals surface area contributed by atoms with E-state index < -0.39 is 10.0 Å². The first kappa shape index (κ1) is 21.0. The van der Waals surface area contributed by atoms with Crippen molar-refractivity contribution >= 4 is 31.9 Å². The van der Waals surface area contributed by atoms with Gasteiger partial charge in [-0.1, -0.05) is 53.7 Å². The van der Waals surface area contributed by atoms with E-state index in [1.54, 1.807) is 48.5 Å². The second-order valence-electron chi connectivity index (χ2n) is 7.14. The average molecular weight is 465 g/mol. The van der Waals surface area contributed by atoms with Gasteiger partial charge in [-0.25, -0.2) is 13.1 Å². The number of carbonyl (C=O) groups is 1. The molecule has 5 nitrogen and oxygen atoms in total. The molecule has 0 aromatic heterocycles. The summed E-state index contributed by atoms with van der Waals surface area (Å²) in [5.74, 6) is -0.0612. The third-order valence-electron chi connectivity index (χ3n) is 5.00. The minimum absolute atomic E-state index is 0.0612. The lowest BCUT2D eigenvalue weighted by molar-refractivity contribution is 0.0933. The van der Waals surface area contributed by atoms with Crippen LogP contribution in [0.15, 0.2) is 57.9 Å². The van der Waals surface area contributed by atoms with E-state index in [1.165, 1.54) is 25.7 Å². The van der Waals surface area contributed by atoms with Gasteiger partial charge in [-0.15, -0.1) is 0 Å². The number of benzene rings is 2. The van der Waals surface area contributed by atoms with Crippen LogP contribution in [-0.2, 0) is 16.6 Å². The van der Waals surface area contributed by atoms with Gasteiger partial charge < -0.3 is 5.32 Å². The molecule has 7 heteroatoms. The molecule has 0 atom stereocenters. The van der Waals surface area contributed by atoms with Gasteiger partial charge in [0, 0.05) is 22.6 Å². The van der Waals surface area contributed by atoms with E-state index in [4.69, 9.17) is 0 Å². The third-order valence-corrected chi connectivity index (χ3v) is 6.94. The highest BCUT2D eigenvalue weighted by Gasteiger charge is 2.16. The van der Waals surface area contributed by atoms with Gasteiger partial charge in [0.25, 0.3) is 5.91 Å². The van der Waals surface area contributed by atoms with Gasteiger partial charge in [-0.3, -0.25) is 4.79 Å². The van der Waals surface area contributed by atoms with Gasteiger partial charge in [0.15, 0.2) is 0 Å². The molecular formula is C21H25BrN2O3S. The number of amides is 1. The maximum atomic E-state index is 12.4. The Balaban J connectivity index is 1.56. The molecule has 0 unspecified atom stereocenters. The lowest BCUT2D eigenvalue weighted by atomic mass is 10.1. The van der Waals surface area contributed by atoms with Crippen LogP contribution in [0.5, 0.6) is 0 Å². The fraction of sp³-hybridized carbons (Fsp3) is 0.381. The van der Waals surface area contributed by atoms with E-state index in [-0.39, 0.29) is 23.4 Å². The number of sulfonamides is 1. The van der Waals surface area contributed by atoms with Gasteiger partial charge in [0.1, 0.15) is 0 Å². The minimum atomic E-state index is -3.57. The van der Waals surface area contributed by atoms with Crippen molar-refractivity contribution < 1.29 is 13.2 Å². The molecule has 0 saturated heterocycles. The van der Waals surface area contributed by atoms with Crippen molar-refractivity contribution in [2.75, 3.05) is 0 Å². The first-order chi connectivity index (χ1) is 13.4. The van der Waals surface area contributed by atoms with Crippen LogP contribution >= 0.6 is 15.9 Å². The van der Waals surface area contributed by atoms with Crippen molar-refractivity contribution in [2.24, 2.45) is 0 Å². The molecule has 0 bridgehead atoms. The molecule has 1 amide bonds. The summed E-state index contributed by atoms with van der Waals surface area (Å²) in [5, 5.41) is 3.12. The molecule has 0 heterocycles. The van der Waals surface area contributed by atoms with Crippen LogP contribution in [0, 0.1) is 0 Å². The van der Waals surface area contributed by atoms with Crippen LogP contribution in [0.2, 0.25) is 0 Å². The number of hydrogen-bond donors (Lipinski definition) is 2. The molecule has 28 heavy (non-hydrogen) atoms. The van der Waals surface area contributed by atoms with Crippen molar-refractivity contribution in [3.63, 3.8) is 0 Å². The van der Waals surface area contributed by atoms with E-state index in [2.05, 4.69) is 26.0 Å². The predicted octanol–water partition coefficient (Wildman–Crippen LogP) is 4.38. The highest BCUT2D eigenvalue weighted by Crippen LogP contribution is 2.18. The molecule has 0 radical (unpaired) electrons. The Morgan fingerprint density at radius 1 is 0.929 bits per heavy atom. The fourth-order valence-corrected chi connectivity index (χ4v) is 4.62. The molecule has 1 aliphatic carbocycles. The zero-order valence-corrected chi connectivity index (χ0v) is 18.1. The number of nitrogens with one attached hydrogen (secondary N) is 2. The number of rotatable bonds is 6. The van der Waals surface area contributed by atoms with Crippen LogP contribution < -0.4 is 10.0 Å². The van der Waals surface area contributed by atoms with Crippen LogP contribution in [0.25, 0.3) is 0 Å². The lowest BCUT2D eigenvalue weighted by Gasteiger charge is -2.16. The third kappa shape index (κ3) is 5.90. The monoisotopic (exact) mass is 464 g/mol. The normalized spacial score (nSPS) is 15.8. The number of hydrogen-bond acceptors (Lipinski definition) is 3. The Labute approximate surface area is 175 Å². The van der Waals surface area contributed by atoms with Crippen molar-refractivity contribution in [1.82, 2.24) is 10.0 Å². The van der Waals surface area contributed by atoms with E-state index in [9.17, 15) is 13.2 Å². The largest absolute Gasteiger partial charge is 0.349 e. The van der Waals surface area contributed by atoms with Gasteiger partial charge in [-0.05, 0) is 54.8 Å². The molecular weight excluding hydrogens is 440 g/mol. The first-order valence-electron chi connectivity index (χ1n) is 9.59. The van der Waals surface area contributed by atoms with Crippen LogP contribution in [-0.4, -0.2) is 20.4 Å². The summed E-state index contributed by atoms with van der Waals surface area (Å²) in [7, 11) is -3.57. The van der Waals surface area contributed by atoms with Crippen molar-refractivity contribution in [1.29, 1.82) is 0 Å². The topological polar surface area (TPSA) is 75.3 Å². The van der Waals surface area contributed by atoms with Crippen LogP contribution in [0.3, 0.4) is 0 Å². The standard InChI is InChI=1S/C21H25BrN2O3S/c22-18-11-13-20(14-12-18)28(26,27)23-15-16-7-9-17(10-8-16)21(25)24-19-5-3-1-2-4-6-19/h7-14,19,23H,1-6,15H2,(H,24,25). The fourth-order valence-electron chi connectivity index (χ4n) is 3.34. The molecule has 2 aromatic carbocycles. The molecule has 150 valence electrons. The molecule has 0 aliphatic heterocycles. The Morgan fingerprint density at radius 2 is 1.54 bits per heavy atom. The summed E-state index contributed by atoms with van der Waals surface area (Å²) in [6.07, 6.45) is 6.92. The second kappa shape index (κ2) is 9.67. The quantitative estimate of drug-likeness (QED) is 0.622. The molecule has 2 aromatic rings. The van der Waals surface area contributed by atoms with Gasteiger partial charge in [0.2, 0.25) is 10.0 Å². The van der Waals surface area contributed by atoms with Gasteiger partial charge >= 0.3 is 0 Å². The van der Waals surface area contributed by atoms with Gasteiger partial charge in [-0.2, -0.15) is 0 Å². The molecule has 1 fully saturated rings. The Hall–Kier alpha value is -1.70.